The second-order valence-corrected chi connectivity index (χ2v) is 7.60. The highest BCUT2D eigenvalue weighted by Crippen LogP contribution is 2.22. The summed E-state index contributed by atoms with van der Waals surface area (Å²) in [5.74, 6) is 0.238. The van der Waals surface area contributed by atoms with Gasteiger partial charge in [0.1, 0.15) is 0 Å². The molecule has 144 valence electrons. The maximum absolute atomic E-state index is 12.8. The molecule has 3 aliphatic rings. The number of nitrogens with one attached hydrogen (secondary N) is 2. The second-order valence-electron chi connectivity index (χ2n) is 7.60. The average Bonchev–Trinajstić information content (AvgIpc) is 3.14. The van der Waals surface area contributed by atoms with E-state index in [0.29, 0.717) is 18.6 Å². The molecule has 3 amide bonds. The number of likely N-dealkylation sites (tertiary alicyclic amines) is 2. The molecule has 2 aliphatic heterocycles. The standard InChI is InChI=1S/C18H32N4O2.ClH/c1-19-15-8-11-21(12-9-15)17(23)14-5-4-10-22(13-14)18(24)20-16-6-2-3-7-16;/h14-16,19H,2-13H2,1H3,(H,20,24);1H. The molecule has 1 unspecified atom stereocenters. The fourth-order valence-corrected chi connectivity index (χ4v) is 4.35. The fraction of sp³-hybridized carbons (Fsp3) is 0.889. The van der Waals surface area contributed by atoms with Gasteiger partial charge in [-0.15, -0.1) is 12.4 Å². The van der Waals surface area contributed by atoms with Gasteiger partial charge in [0, 0.05) is 38.3 Å². The number of hydrogen-bond acceptors (Lipinski definition) is 3. The van der Waals surface area contributed by atoms with Crippen molar-refractivity contribution < 1.29 is 9.59 Å². The number of carbonyl (C=O) groups excluding carboxylic acids is 2. The van der Waals surface area contributed by atoms with Gasteiger partial charge >= 0.3 is 6.03 Å². The first-order valence-corrected chi connectivity index (χ1v) is 9.69. The van der Waals surface area contributed by atoms with Crippen molar-refractivity contribution in [2.75, 3.05) is 33.2 Å². The van der Waals surface area contributed by atoms with E-state index in [4.69, 9.17) is 0 Å². The second kappa shape index (κ2) is 9.62. The minimum atomic E-state index is -0.0146. The Bertz CT molecular complexity index is 448. The molecule has 2 N–H and O–H groups in total. The first kappa shape index (κ1) is 20.3. The SMILES string of the molecule is CNC1CCN(C(=O)C2CCCN(C(=O)NC3CCCC3)C2)CC1.Cl. The van der Waals surface area contributed by atoms with E-state index < -0.39 is 0 Å². The van der Waals surface area contributed by atoms with Gasteiger partial charge in [-0.1, -0.05) is 12.8 Å². The Kier molecular flexibility index (Phi) is 7.81. The molecule has 7 heteroatoms. The van der Waals surface area contributed by atoms with Gasteiger partial charge in [-0.3, -0.25) is 4.79 Å². The molecule has 1 saturated carbocycles. The van der Waals surface area contributed by atoms with Crippen molar-refractivity contribution in [1.82, 2.24) is 20.4 Å². The minimum absolute atomic E-state index is 0. The van der Waals surface area contributed by atoms with Crippen LogP contribution in [0.15, 0.2) is 0 Å². The summed E-state index contributed by atoms with van der Waals surface area (Å²) in [5.41, 5.74) is 0. The van der Waals surface area contributed by atoms with Crippen LogP contribution < -0.4 is 10.6 Å². The highest BCUT2D eigenvalue weighted by atomic mass is 35.5. The van der Waals surface area contributed by atoms with Gasteiger partial charge in [0.2, 0.25) is 5.91 Å². The molecule has 0 radical (unpaired) electrons. The third kappa shape index (κ3) is 5.23. The third-order valence-corrected chi connectivity index (χ3v) is 5.96. The molecule has 3 fully saturated rings. The Morgan fingerprint density at radius 2 is 1.52 bits per heavy atom. The van der Waals surface area contributed by atoms with E-state index in [-0.39, 0.29) is 30.3 Å². The number of halogens is 1. The number of urea groups is 1. The largest absolute Gasteiger partial charge is 0.342 e. The van der Waals surface area contributed by atoms with E-state index in [1.165, 1.54) is 12.8 Å². The first-order chi connectivity index (χ1) is 11.7. The molecule has 1 atom stereocenters. The third-order valence-electron chi connectivity index (χ3n) is 5.96. The van der Waals surface area contributed by atoms with Crippen molar-refractivity contribution in [2.24, 2.45) is 5.92 Å². The molecule has 6 nitrogen and oxygen atoms in total. The molecule has 25 heavy (non-hydrogen) atoms. The van der Waals surface area contributed by atoms with Gasteiger partial charge in [0.25, 0.3) is 0 Å². The van der Waals surface area contributed by atoms with Gasteiger partial charge in [-0.2, -0.15) is 0 Å². The fourth-order valence-electron chi connectivity index (χ4n) is 4.35. The van der Waals surface area contributed by atoms with Crippen molar-refractivity contribution in [3.05, 3.63) is 0 Å². The van der Waals surface area contributed by atoms with Crippen molar-refractivity contribution in [1.29, 1.82) is 0 Å². The van der Waals surface area contributed by atoms with E-state index >= 15 is 0 Å². The first-order valence-electron chi connectivity index (χ1n) is 9.69. The summed E-state index contributed by atoms with van der Waals surface area (Å²) in [5, 5.41) is 6.45. The van der Waals surface area contributed by atoms with Crippen molar-refractivity contribution in [3.8, 4) is 0 Å². The van der Waals surface area contributed by atoms with Gasteiger partial charge < -0.3 is 20.4 Å². The van der Waals surface area contributed by atoms with E-state index in [0.717, 1.165) is 58.2 Å². The van der Waals surface area contributed by atoms with Crippen LogP contribution in [-0.2, 0) is 4.79 Å². The summed E-state index contributed by atoms with van der Waals surface area (Å²) in [6.45, 7) is 3.05. The summed E-state index contributed by atoms with van der Waals surface area (Å²) in [7, 11) is 1.99. The summed E-state index contributed by atoms with van der Waals surface area (Å²) in [6, 6.07) is 0.913. The molecule has 0 bridgehead atoms. The Hall–Kier alpha value is -1.01. The monoisotopic (exact) mass is 372 g/mol. The van der Waals surface area contributed by atoms with Crippen LogP contribution in [0.4, 0.5) is 4.79 Å². The lowest BCUT2D eigenvalue weighted by Crippen LogP contribution is -2.52. The van der Waals surface area contributed by atoms with Crippen LogP contribution in [-0.4, -0.2) is 67.0 Å². The predicted octanol–water partition coefficient (Wildman–Crippen LogP) is 1.98. The Balaban J connectivity index is 0.00000225. The quantitative estimate of drug-likeness (QED) is 0.796. The smallest absolute Gasteiger partial charge is 0.317 e. The van der Waals surface area contributed by atoms with E-state index in [9.17, 15) is 9.59 Å². The zero-order valence-corrected chi connectivity index (χ0v) is 16.2. The van der Waals surface area contributed by atoms with E-state index in [1.54, 1.807) is 0 Å². The molecule has 0 spiro atoms. The molecular formula is C18H33ClN4O2. The number of nitrogens with zero attached hydrogens (tertiary/aromatic N) is 2. The molecule has 0 aromatic carbocycles. The molecule has 1 aliphatic carbocycles. The van der Waals surface area contributed by atoms with Crippen molar-refractivity contribution >= 4 is 24.3 Å². The highest BCUT2D eigenvalue weighted by Gasteiger charge is 2.33. The number of carbonyl (C=O) groups is 2. The van der Waals surface area contributed by atoms with Crippen LogP contribution in [0.1, 0.15) is 51.4 Å². The summed E-state index contributed by atoms with van der Waals surface area (Å²) in [4.78, 5) is 29.1. The molecule has 0 aromatic heterocycles. The summed E-state index contributed by atoms with van der Waals surface area (Å²) < 4.78 is 0. The van der Waals surface area contributed by atoms with Gasteiger partial charge in [0.15, 0.2) is 0 Å². The normalized spacial score (nSPS) is 25.6. The van der Waals surface area contributed by atoms with Crippen molar-refractivity contribution in [2.45, 2.75) is 63.5 Å². The molecule has 2 heterocycles. The minimum Gasteiger partial charge on any atom is -0.342 e. The number of rotatable bonds is 3. The van der Waals surface area contributed by atoms with E-state index in [2.05, 4.69) is 10.6 Å². The molecule has 3 rings (SSSR count). The average molecular weight is 373 g/mol. The van der Waals surface area contributed by atoms with Gasteiger partial charge in [0.05, 0.1) is 5.92 Å². The maximum Gasteiger partial charge on any atom is 0.317 e. The van der Waals surface area contributed by atoms with Gasteiger partial charge in [-0.25, -0.2) is 4.79 Å². The molecule has 2 saturated heterocycles. The number of piperidine rings is 2. The van der Waals surface area contributed by atoms with E-state index in [1.807, 2.05) is 16.8 Å². The Labute approximate surface area is 157 Å². The number of hydrogen-bond donors (Lipinski definition) is 2. The van der Waals surface area contributed by atoms with Crippen LogP contribution in [0.5, 0.6) is 0 Å². The summed E-state index contributed by atoms with van der Waals surface area (Å²) >= 11 is 0. The zero-order chi connectivity index (χ0) is 16.9. The Morgan fingerprint density at radius 3 is 2.16 bits per heavy atom. The van der Waals surface area contributed by atoms with Crippen LogP contribution in [0, 0.1) is 5.92 Å². The highest BCUT2D eigenvalue weighted by molar-refractivity contribution is 5.85. The van der Waals surface area contributed by atoms with Crippen LogP contribution in [0.3, 0.4) is 0 Å². The van der Waals surface area contributed by atoms with Crippen molar-refractivity contribution in [3.63, 3.8) is 0 Å². The molecular weight excluding hydrogens is 340 g/mol. The van der Waals surface area contributed by atoms with Crippen LogP contribution >= 0.6 is 12.4 Å². The lowest BCUT2D eigenvalue weighted by Gasteiger charge is -2.38. The lowest BCUT2D eigenvalue weighted by atomic mass is 9.95. The zero-order valence-electron chi connectivity index (χ0n) is 15.3. The van der Waals surface area contributed by atoms with Crippen LogP contribution in [0.25, 0.3) is 0 Å². The van der Waals surface area contributed by atoms with Crippen LogP contribution in [0.2, 0.25) is 0 Å². The lowest BCUT2D eigenvalue weighted by molar-refractivity contribution is -0.138. The number of amides is 3. The Morgan fingerprint density at radius 1 is 0.840 bits per heavy atom. The molecule has 0 aromatic rings. The summed E-state index contributed by atoms with van der Waals surface area (Å²) in [6.07, 6.45) is 8.54. The topological polar surface area (TPSA) is 64.7 Å². The van der Waals surface area contributed by atoms with Gasteiger partial charge in [-0.05, 0) is 45.6 Å². The maximum atomic E-state index is 12.8. The predicted molar refractivity (Wildman–Crippen MR) is 101 cm³/mol.